The summed E-state index contributed by atoms with van der Waals surface area (Å²) in [5.41, 5.74) is 1.67. The van der Waals surface area contributed by atoms with Crippen molar-refractivity contribution in [2.24, 2.45) is 5.92 Å². The van der Waals surface area contributed by atoms with Gasteiger partial charge in [0.15, 0.2) is 5.76 Å². The molecule has 10 nitrogen and oxygen atoms in total. The van der Waals surface area contributed by atoms with Crippen LogP contribution in [0.3, 0.4) is 0 Å². The first-order valence-corrected chi connectivity index (χ1v) is 10.6. The third kappa shape index (κ3) is 4.31. The summed E-state index contributed by atoms with van der Waals surface area (Å²) in [5, 5.41) is 14.2. The van der Waals surface area contributed by atoms with Crippen LogP contribution >= 0.6 is 0 Å². The summed E-state index contributed by atoms with van der Waals surface area (Å²) < 4.78 is 10.3. The molecule has 32 heavy (non-hydrogen) atoms. The van der Waals surface area contributed by atoms with Crippen LogP contribution in [-0.4, -0.2) is 67.6 Å². The number of amides is 2. The van der Waals surface area contributed by atoms with Gasteiger partial charge in [0, 0.05) is 57.7 Å². The van der Waals surface area contributed by atoms with E-state index in [2.05, 4.69) is 10.2 Å². The van der Waals surface area contributed by atoms with E-state index in [-0.39, 0.29) is 29.3 Å². The zero-order valence-corrected chi connectivity index (χ0v) is 17.9. The number of piperazine rings is 1. The molecule has 2 aliphatic heterocycles. The summed E-state index contributed by atoms with van der Waals surface area (Å²) in [5.74, 6) is -0.506. The van der Waals surface area contributed by atoms with Crippen molar-refractivity contribution in [3.63, 3.8) is 0 Å². The topological polar surface area (TPSA) is 118 Å². The molecular formula is C22H26N4O6. The standard InChI is InChI=1S/C22H26N4O6/c1-31-10-3-7-23-21(27)17-13-15-12-16(26(29)30)5-6-18(15)25-9-8-24(14-19(17)25)22(28)20-4-2-11-32-20/h2,4-6,11-12,17,19H,3,7-10,13-14H2,1H3,(H,23,27)/t17-,19+/m1/s1. The fourth-order valence-electron chi connectivity index (χ4n) is 4.52. The Hall–Kier alpha value is -3.40. The van der Waals surface area contributed by atoms with Crippen LogP contribution in [0.25, 0.3) is 0 Å². The molecule has 2 aromatic rings. The van der Waals surface area contributed by atoms with Crippen LogP contribution in [0.15, 0.2) is 41.0 Å². The largest absolute Gasteiger partial charge is 0.459 e. The highest BCUT2D eigenvalue weighted by atomic mass is 16.6. The Labute approximate surface area is 185 Å². The molecule has 2 aliphatic rings. The van der Waals surface area contributed by atoms with Gasteiger partial charge in [0.1, 0.15) is 0 Å². The molecule has 0 aliphatic carbocycles. The normalized spacial score (nSPS) is 19.8. The quantitative estimate of drug-likeness (QED) is 0.395. The molecule has 1 aromatic heterocycles. The molecule has 1 fully saturated rings. The lowest BCUT2D eigenvalue weighted by Gasteiger charge is -2.48. The summed E-state index contributed by atoms with van der Waals surface area (Å²) in [6.07, 6.45) is 2.52. The van der Waals surface area contributed by atoms with Gasteiger partial charge in [0.2, 0.25) is 5.91 Å². The molecule has 0 bridgehead atoms. The Morgan fingerprint density at radius 1 is 1.31 bits per heavy atom. The third-order valence-electron chi connectivity index (χ3n) is 6.09. The molecule has 2 atom stereocenters. The molecule has 10 heteroatoms. The summed E-state index contributed by atoms with van der Waals surface area (Å²) in [6.45, 7) is 2.38. The van der Waals surface area contributed by atoms with Crippen LogP contribution < -0.4 is 10.2 Å². The number of carbonyl (C=O) groups is 2. The number of nitro benzene ring substituents is 1. The maximum atomic E-state index is 13.1. The van der Waals surface area contributed by atoms with Crippen molar-refractivity contribution >= 4 is 23.2 Å². The van der Waals surface area contributed by atoms with Gasteiger partial charge in [0.05, 0.1) is 23.1 Å². The van der Waals surface area contributed by atoms with Gasteiger partial charge >= 0.3 is 0 Å². The van der Waals surface area contributed by atoms with E-state index in [9.17, 15) is 19.7 Å². The van der Waals surface area contributed by atoms with Gasteiger partial charge in [0.25, 0.3) is 11.6 Å². The fourth-order valence-corrected chi connectivity index (χ4v) is 4.52. The lowest BCUT2D eigenvalue weighted by Crippen LogP contribution is -2.62. The number of benzene rings is 1. The number of nitro groups is 1. The van der Waals surface area contributed by atoms with Crippen LogP contribution in [0.1, 0.15) is 22.5 Å². The minimum Gasteiger partial charge on any atom is -0.459 e. The predicted octanol–water partition coefficient (Wildman–Crippen LogP) is 1.84. The average Bonchev–Trinajstić information content (AvgIpc) is 3.35. The van der Waals surface area contributed by atoms with E-state index in [4.69, 9.17) is 9.15 Å². The zero-order chi connectivity index (χ0) is 22.7. The van der Waals surface area contributed by atoms with Crippen molar-refractivity contribution in [1.29, 1.82) is 0 Å². The molecule has 1 saturated heterocycles. The minimum absolute atomic E-state index is 0.00749. The SMILES string of the molecule is COCCCNC(=O)[C@@H]1Cc2cc([N+](=O)[O-])ccc2N2CCN(C(=O)c3ccco3)C[C@@H]12. The zero-order valence-electron chi connectivity index (χ0n) is 17.9. The highest BCUT2D eigenvalue weighted by Gasteiger charge is 2.43. The molecule has 1 aromatic carbocycles. The van der Waals surface area contributed by atoms with Gasteiger partial charge in [-0.25, -0.2) is 0 Å². The smallest absolute Gasteiger partial charge is 0.289 e. The van der Waals surface area contributed by atoms with Gasteiger partial charge in [-0.15, -0.1) is 0 Å². The van der Waals surface area contributed by atoms with Crippen molar-refractivity contribution in [1.82, 2.24) is 10.2 Å². The molecular weight excluding hydrogens is 416 g/mol. The van der Waals surface area contributed by atoms with E-state index in [0.29, 0.717) is 45.6 Å². The number of nitrogens with zero attached hydrogens (tertiary/aromatic N) is 3. The molecule has 0 saturated carbocycles. The summed E-state index contributed by atoms with van der Waals surface area (Å²) in [6, 6.07) is 7.85. The number of fused-ring (bicyclic) bond motifs is 3. The maximum Gasteiger partial charge on any atom is 0.289 e. The van der Waals surface area contributed by atoms with Crippen molar-refractivity contribution in [2.75, 3.05) is 44.8 Å². The molecule has 1 N–H and O–H groups in total. The highest BCUT2D eigenvalue weighted by Crippen LogP contribution is 2.38. The Kier molecular flexibility index (Phi) is 6.40. The van der Waals surface area contributed by atoms with E-state index in [1.807, 2.05) is 0 Å². The summed E-state index contributed by atoms with van der Waals surface area (Å²) in [7, 11) is 1.61. The lowest BCUT2D eigenvalue weighted by atomic mass is 9.83. The van der Waals surface area contributed by atoms with Crippen LogP contribution in [0.5, 0.6) is 0 Å². The number of ether oxygens (including phenoxy) is 1. The number of methoxy groups -OCH3 is 1. The van der Waals surface area contributed by atoms with E-state index in [0.717, 1.165) is 11.3 Å². The van der Waals surface area contributed by atoms with Crippen molar-refractivity contribution < 1.29 is 23.7 Å². The van der Waals surface area contributed by atoms with Gasteiger partial charge in [-0.05, 0) is 36.6 Å². The van der Waals surface area contributed by atoms with Crippen LogP contribution in [0.2, 0.25) is 0 Å². The number of rotatable bonds is 7. The van der Waals surface area contributed by atoms with Crippen LogP contribution in [0.4, 0.5) is 11.4 Å². The molecule has 0 spiro atoms. The van der Waals surface area contributed by atoms with Crippen LogP contribution in [-0.2, 0) is 16.0 Å². The second-order valence-electron chi connectivity index (χ2n) is 8.01. The molecule has 3 heterocycles. The highest BCUT2D eigenvalue weighted by molar-refractivity contribution is 5.92. The lowest BCUT2D eigenvalue weighted by molar-refractivity contribution is -0.384. The Bertz CT molecular complexity index is 992. The fraction of sp³-hybridized carbons (Fsp3) is 0.455. The number of non-ortho nitro benzene ring substituents is 1. The first-order valence-electron chi connectivity index (χ1n) is 10.6. The molecule has 0 radical (unpaired) electrons. The van der Waals surface area contributed by atoms with Crippen molar-refractivity contribution in [2.45, 2.75) is 18.9 Å². The van der Waals surface area contributed by atoms with Gasteiger partial charge in [-0.2, -0.15) is 0 Å². The first-order chi connectivity index (χ1) is 15.5. The predicted molar refractivity (Wildman–Crippen MR) is 116 cm³/mol. The maximum absolute atomic E-state index is 13.1. The second kappa shape index (κ2) is 9.39. The number of furan rings is 1. The van der Waals surface area contributed by atoms with E-state index in [1.54, 1.807) is 36.3 Å². The number of hydrogen-bond acceptors (Lipinski definition) is 7. The van der Waals surface area contributed by atoms with Gasteiger partial charge < -0.3 is 24.3 Å². The number of hydrogen-bond donors (Lipinski definition) is 1. The van der Waals surface area contributed by atoms with Crippen molar-refractivity contribution in [3.05, 3.63) is 58.0 Å². The summed E-state index contributed by atoms with van der Waals surface area (Å²) in [4.78, 5) is 40.6. The number of anilines is 1. The Morgan fingerprint density at radius 2 is 2.16 bits per heavy atom. The van der Waals surface area contributed by atoms with Crippen LogP contribution in [0, 0.1) is 16.0 Å². The minimum atomic E-state index is -0.445. The molecule has 0 unspecified atom stereocenters. The molecule has 2 amide bonds. The van der Waals surface area contributed by atoms with E-state index < -0.39 is 10.8 Å². The Morgan fingerprint density at radius 3 is 2.88 bits per heavy atom. The number of nitrogens with one attached hydrogen (secondary N) is 1. The van der Waals surface area contributed by atoms with Crippen molar-refractivity contribution in [3.8, 4) is 0 Å². The first kappa shape index (κ1) is 21.8. The Balaban J connectivity index is 1.59. The van der Waals surface area contributed by atoms with E-state index in [1.165, 1.54) is 12.3 Å². The summed E-state index contributed by atoms with van der Waals surface area (Å²) >= 11 is 0. The molecule has 170 valence electrons. The number of carbonyl (C=O) groups excluding carboxylic acids is 2. The van der Waals surface area contributed by atoms with Gasteiger partial charge in [-0.3, -0.25) is 19.7 Å². The third-order valence-corrected chi connectivity index (χ3v) is 6.09. The average molecular weight is 442 g/mol. The van der Waals surface area contributed by atoms with Gasteiger partial charge in [-0.1, -0.05) is 0 Å². The second-order valence-corrected chi connectivity index (χ2v) is 8.01. The monoisotopic (exact) mass is 442 g/mol. The van der Waals surface area contributed by atoms with E-state index >= 15 is 0 Å². The molecule has 4 rings (SSSR count).